The molecular weight excluding hydrogens is 299 g/mol. The van der Waals surface area contributed by atoms with Crippen LogP contribution < -0.4 is 5.43 Å². The van der Waals surface area contributed by atoms with Gasteiger partial charge >= 0.3 is 0 Å². The molecule has 0 amide bonds. The van der Waals surface area contributed by atoms with Crippen molar-refractivity contribution < 1.29 is 4.39 Å². The molecule has 0 radical (unpaired) electrons. The normalized spacial score (nSPS) is 11.9. The zero-order chi connectivity index (χ0) is 15.7. The molecule has 112 valence electrons. The maximum absolute atomic E-state index is 13.8. The first-order chi connectivity index (χ1) is 10.6. The number of aromatic nitrogens is 2. The predicted molar refractivity (Wildman–Crippen MR) is 89.1 cm³/mol. The average Bonchev–Trinajstić information content (AvgIpc) is 2.81. The van der Waals surface area contributed by atoms with Crippen molar-refractivity contribution in [2.75, 3.05) is 5.43 Å². The number of hydrazone groups is 1. The molecule has 0 saturated carbocycles. The van der Waals surface area contributed by atoms with Crippen LogP contribution >= 0.6 is 11.3 Å². The number of thiophene rings is 1. The predicted octanol–water partition coefficient (Wildman–Crippen LogP) is 4.28. The van der Waals surface area contributed by atoms with Gasteiger partial charge in [0, 0.05) is 10.4 Å². The van der Waals surface area contributed by atoms with Crippen LogP contribution in [0.2, 0.25) is 0 Å². The van der Waals surface area contributed by atoms with Crippen molar-refractivity contribution >= 4 is 33.1 Å². The van der Waals surface area contributed by atoms with Gasteiger partial charge in [0.1, 0.15) is 17.0 Å². The Kier molecular flexibility index (Phi) is 3.85. The third-order valence-electron chi connectivity index (χ3n) is 3.56. The van der Waals surface area contributed by atoms with Gasteiger partial charge in [-0.3, -0.25) is 5.43 Å². The molecule has 1 aromatic carbocycles. The lowest BCUT2D eigenvalue weighted by molar-refractivity contribution is 0.625. The highest BCUT2D eigenvalue weighted by Gasteiger charge is 2.12. The summed E-state index contributed by atoms with van der Waals surface area (Å²) in [5, 5.41) is 5.23. The summed E-state index contributed by atoms with van der Waals surface area (Å²) in [6.45, 7) is 5.85. The van der Waals surface area contributed by atoms with Crippen LogP contribution in [0.4, 0.5) is 10.2 Å². The molecule has 0 saturated heterocycles. The van der Waals surface area contributed by atoms with Crippen LogP contribution in [0.25, 0.3) is 10.2 Å². The summed E-state index contributed by atoms with van der Waals surface area (Å²) in [4.78, 5) is 10.7. The molecule has 6 heteroatoms. The Bertz CT molecular complexity index is 870. The minimum Gasteiger partial charge on any atom is -0.260 e. The molecule has 0 fully saturated rings. The average molecular weight is 314 g/mol. The van der Waals surface area contributed by atoms with Crippen LogP contribution in [0.15, 0.2) is 35.7 Å². The second-order valence-electron chi connectivity index (χ2n) is 4.97. The van der Waals surface area contributed by atoms with E-state index in [1.807, 2.05) is 6.92 Å². The zero-order valence-electron chi connectivity index (χ0n) is 12.5. The number of halogens is 1. The second-order valence-corrected chi connectivity index (χ2v) is 6.18. The fraction of sp³-hybridized carbons (Fsp3) is 0.188. The van der Waals surface area contributed by atoms with Gasteiger partial charge in [0.25, 0.3) is 0 Å². The standard InChI is InChI=1S/C16H15FN4S/c1-9-11(3)22-16-14(9)15(18-8-19-16)21-20-10(2)12-6-4-5-7-13(12)17/h4-8H,1-3H3,(H,18,19,21)/b20-10-. The highest BCUT2D eigenvalue weighted by molar-refractivity contribution is 7.18. The fourth-order valence-electron chi connectivity index (χ4n) is 2.22. The van der Waals surface area contributed by atoms with E-state index in [9.17, 15) is 4.39 Å². The van der Waals surface area contributed by atoms with Crippen molar-refractivity contribution in [3.05, 3.63) is 52.4 Å². The smallest absolute Gasteiger partial charge is 0.158 e. The maximum Gasteiger partial charge on any atom is 0.158 e. The van der Waals surface area contributed by atoms with Crippen LogP contribution in [0.1, 0.15) is 22.9 Å². The van der Waals surface area contributed by atoms with Crippen molar-refractivity contribution in [3.8, 4) is 0 Å². The summed E-state index contributed by atoms with van der Waals surface area (Å²) >= 11 is 1.63. The molecule has 22 heavy (non-hydrogen) atoms. The summed E-state index contributed by atoms with van der Waals surface area (Å²) in [5.41, 5.74) is 5.12. The molecule has 0 unspecified atom stereocenters. The lowest BCUT2D eigenvalue weighted by Crippen LogP contribution is -2.03. The first-order valence-electron chi connectivity index (χ1n) is 6.84. The number of anilines is 1. The molecule has 0 spiro atoms. The number of nitrogens with zero attached hydrogens (tertiary/aromatic N) is 3. The summed E-state index contributed by atoms with van der Waals surface area (Å²) in [6.07, 6.45) is 1.51. The first kappa shape index (κ1) is 14.6. The number of hydrogen-bond donors (Lipinski definition) is 1. The van der Waals surface area contributed by atoms with Crippen LogP contribution in [-0.4, -0.2) is 15.7 Å². The first-order valence-corrected chi connectivity index (χ1v) is 7.65. The molecule has 1 N–H and O–H groups in total. The topological polar surface area (TPSA) is 50.2 Å². The maximum atomic E-state index is 13.8. The number of fused-ring (bicyclic) bond motifs is 1. The molecule has 2 heterocycles. The monoisotopic (exact) mass is 314 g/mol. The zero-order valence-corrected chi connectivity index (χ0v) is 13.3. The molecule has 0 aliphatic carbocycles. The Morgan fingerprint density at radius 3 is 2.77 bits per heavy atom. The second kappa shape index (κ2) is 5.81. The van der Waals surface area contributed by atoms with Gasteiger partial charge in [-0.1, -0.05) is 18.2 Å². The van der Waals surface area contributed by atoms with Crippen LogP contribution in [0.3, 0.4) is 0 Å². The van der Waals surface area contributed by atoms with Gasteiger partial charge in [-0.15, -0.1) is 11.3 Å². The van der Waals surface area contributed by atoms with E-state index in [0.29, 0.717) is 17.1 Å². The largest absolute Gasteiger partial charge is 0.260 e. The quantitative estimate of drug-likeness (QED) is 0.580. The van der Waals surface area contributed by atoms with E-state index in [-0.39, 0.29) is 5.82 Å². The van der Waals surface area contributed by atoms with E-state index in [1.54, 1.807) is 36.5 Å². The van der Waals surface area contributed by atoms with Crippen molar-refractivity contribution in [2.45, 2.75) is 20.8 Å². The third-order valence-corrected chi connectivity index (χ3v) is 4.67. The Hall–Kier alpha value is -2.34. The van der Waals surface area contributed by atoms with Crippen LogP contribution in [0, 0.1) is 19.7 Å². The number of nitrogens with one attached hydrogen (secondary N) is 1. The van der Waals surface area contributed by atoms with E-state index in [0.717, 1.165) is 15.8 Å². The van der Waals surface area contributed by atoms with Gasteiger partial charge in [-0.25, -0.2) is 14.4 Å². The summed E-state index contributed by atoms with van der Waals surface area (Å²) in [5.74, 6) is 0.350. The Morgan fingerprint density at radius 1 is 1.23 bits per heavy atom. The highest BCUT2D eigenvalue weighted by Crippen LogP contribution is 2.32. The third kappa shape index (κ3) is 2.57. The summed E-state index contributed by atoms with van der Waals surface area (Å²) in [6, 6.07) is 6.56. The molecule has 2 aromatic heterocycles. The van der Waals surface area contributed by atoms with Crippen molar-refractivity contribution in [1.82, 2.24) is 9.97 Å². The fourth-order valence-corrected chi connectivity index (χ4v) is 3.22. The summed E-state index contributed by atoms with van der Waals surface area (Å²) < 4.78 is 13.8. The molecule has 3 aromatic rings. The Balaban J connectivity index is 1.97. The minimum absolute atomic E-state index is 0.291. The lowest BCUT2D eigenvalue weighted by Gasteiger charge is -2.05. The van der Waals surface area contributed by atoms with E-state index < -0.39 is 0 Å². The molecule has 4 nitrogen and oxygen atoms in total. The van der Waals surface area contributed by atoms with Gasteiger partial charge in [-0.05, 0) is 32.4 Å². The molecule has 0 aliphatic rings. The van der Waals surface area contributed by atoms with Gasteiger partial charge in [-0.2, -0.15) is 5.10 Å². The minimum atomic E-state index is -0.291. The van der Waals surface area contributed by atoms with Crippen molar-refractivity contribution in [3.63, 3.8) is 0 Å². The van der Waals surface area contributed by atoms with E-state index in [1.165, 1.54) is 17.3 Å². The van der Waals surface area contributed by atoms with E-state index in [2.05, 4.69) is 27.4 Å². The molecule has 3 rings (SSSR count). The SMILES string of the molecule is C/C(=N/Nc1ncnc2sc(C)c(C)c12)c1ccccc1F. The van der Waals surface area contributed by atoms with Crippen molar-refractivity contribution in [1.29, 1.82) is 0 Å². The van der Waals surface area contributed by atoms with Crippen LogP contribution in [0.5, 0.6) is 0 Å². The Morgan fingerprint density at radius 2 is 2.00 bits per heavy atom. The number of aryl methyl sites for hydroxylation is 2. The highest BCUT2D eigenvalue weighted by atomic mass is 32.1. The molecule has 0 atom stereocenters. The Labute approximate surface area is 131 Å². The van der Waals surface area contributed by atoms with Gasteiger partial charge in [0.05, 0.1) is 11.1 Å². The van der Waals surface area contributed by atoms with E-state index in [4.69, 9.17) is 0 Å². The van der Waals surface area contributed by atoms with E-state index >= 15 is 0 Å². The van der Waals surface area contributed by atoms with Gasteiger partial charge < -0.3 is 0 Å². The number of rotatable bonds is 3. The number of benzene rings is 1. The molecule has 0 aliphatic heterocycles. The van der Waals surface area contributed by atoms with Crippen molar-refractivity contribution in [2.24, 2.45) is 5.10 Å². The van der Waals surface area contributed by atoms with Gasteiger partial charge in [0.15, 0.2) is 5.82 Å². The van der Waals surface area contributed by atoms with Crippen LogP contribution in [-0.2, 0) is 0 Å². The van der Waals surface area contributed by atoms with Gasteiger partial charge in [0.2, 0.25) is 0 Å². The lowest BCUT2D eigenvalue weighted by atomic mass is 10.1. The molecular formula is C16H15FN4S. The summed E-state index contributed by atoms with van der Waals surface area (Å²) in [7, 11) is 0. The number of hydrogen-bond acceptors (Lipinski definition) is 5. The molecule has 0 bridgehead atoms.